The van der Waals surface area contributed by atoms with Gasteiger partial charge in [0, 0.05) is 12.7 Å². The van der Waals surface area contributed by atoms with E-state index < -0.39 is 0 Å². The van der Waals surface area contributed by atoms with Gasteiger partial charge in [0.1, 0.15) is 10.6 Å². The van der Waals surface area contributed by atoms with E-state index in [9.17, 15) is 4.79 Å². The molecule has 3 aromatic rings. The van der Waals surface area contributed by atoms with Crippen LogP contribution < -0.4 is 10.6 Å². The maximum Gasteiger partial charge on any atom is 0.240 e. The SMILES string of the molecule is C[C@@H](Sc1nc(N)c2ccsc2n1)C(=O)N(C)c1ccccc1. The molecule has 2 heterocycles. The van der Waals surface area contributed by atoms with Crippen molar-refractivity contribution in [1.82, 2.24) is 9.97 Å². The van der Waals surface area contributed by atoms with Gasteiger partial charge in [0.15, 0.2) is 5.16 Å². The number of anilines is 2. The highest BCUT2D eigenvalue weighted by molar-refractivity contribution is 8.00. The number of hydrogen-bond acceptors (Lipinski definition) is 6. The Labute approximate surface area is 142 Å². The highest BCUT2D eigenvalue weighted by Gasteiger charge is 2.21. The van der Waals surface area contributed by atoms with E-state index >= 15 is 0 Å². The summed E-state index contributed by atoms with van der Waals surface area (Å²) in [5, 5.41) is 3.01. The Bertz CT molecular complexity index is 834. The van der Waals surface area contributed by atoms with E-state index in [0.717, 1.165) is 15.9 Å². The molecule has 0 saturated heterocycles. The molecule has 1 aromatic carbocycles. The topological polar surface area (TPSA) is 72.1 Å². The van der Waals surface area contributed by atoms with Crippen LogP contribution in [0.3, 0.4) is 0 Å². The van der Waals surface area contributed by atoms with E-state index in [1.165, 1.54) is 23.1 Å². The molecule has 1 amide bonds. The zero-order valence-corrected chi connectivity index (χ0v) is 14.4. The molecule has 0 fully saturated rings. The molecule has 5 nitrogen and oxygen atoms in total. The Kier molecular flexibility index (Phi) is 4.49. The van der Waals surface area contributed by atoms with Crippen LogP contribution in [0.15, 0.2) is 46.9 Å². The van der Waals surface area contributed by atoms with Crippen LogP contribution in [-0.2, 0) is 4.79 Å². The number of fused-ring (bicyclic) bond motifs is 1. The minimum atomic E-state index is -0.308. The van der Waals surface area contributed by atoms with Crippen LogP contribution in [0, 0.1) is 0 Å². The number of thiophene rings is 1. The van der Waals surface area contributed by atoms with Gasteiger partial charge in [-0.15, -0.1) is 11.3 Å². The second-order valence-electron chi connectivity index (χ2n) is 5.02. The van der Waals surface area contributed by atoms with Gasteiger partial charge in [0.2, 0.25) is 5.91 Å². The van der Waals surface area contributed by atoms with Crippen molar-refractivity contribution >= 4 is 50.7 Å². The predicted molar refractivity (Wildman–Crippen MR) is 97.0 cm³/mol. The molecule has 2 aromatic heterocycles. The molecule has 0 aliphatic carbocycles. The lowest BCUT2D eigenvalue weighted by molar-refractivity contribution is -0.117. The number of rotatable bonds is 4. The summed E-state index contributed by atoms with van der Waals surface area (Å²) in [6.45, 7) is 1.85. The fourth-order valence-corrected chi connectivity index (χ4v) is 3.87. The van der Waals surface area contributed by atoms with Crippen LogP contribution in [0.2, 0.25) is 0 Å². The number of nitrogens with two attached hydrogens (primary N) is 1. The van der Waals surface area contributed by atoms with Crippen LogP contribution in [0.25, 0.3) is 10.2 Å². The lowest BCUT2D eigenvalue weighted by Crippen LogP contribution is -2.33. The molecule has 0 aliphatic heterocycles. The number of hydrogen-bond donors (Lipinski definition) is 1. The number of aromatic nitrogens is 2. The first kappa shape index (κ1) is 15.8. The van der Waals surface area contributed by atoms with Gasteiger partial charge in [-0.2, -0.15) is 0 Å². The minimum Gasteiger partial charge on any atom is -0.383 e. The summed E-state index contributed by atoms with van der Waals surface area (Å²) in [5.74, 6) is 0.449. The summed E-state index contributed by atoms with van der Waals surface area (Å²) in [6.07, 6.45) is 0. The molecule has 0 aliphatic rings. The smallest absolute Gasteiger partial charge is 0.240 e. The summed E-state index contributed by atoms with van der Waals surface area (Å²) < 4.78 is 0. The van der Waals surface area contributed by atoms with E-state index in [0.29, 0.717) is 11.0 Å². The Morgan fingerprint density at radius 1 is 1.26 bits per heavy atom. The molecule has 1 atom stereocenters. The van der Waals surface area contributed by atoms with E-state index in [1.54, 1.807) is 11.9 Å². The van der Waals surface area contributed by atoms with Crippen molar-refractivity contribution in [2.24, 2.45) is 0 Å². The van der Waals surface area contributed by atoms with Crippen molar-refractivity contribution in [1.29, 1.82) is 0 Å². The quantitative estimate of drug-likeness (QED) is 0.580. The standard InChI is InChI=1S/C16H16N4OS2/c1-10(15(21)20(2)11-6-4-3-5-7-11)23-16-18-13(17)12-8-9-22-14(12)19-16/h3-10H,1-2H3,(H2,17,18,19)/t10-/m1/s1. The van der Waals surface area contributed by atoms with Crippen molar-refractivity contribution in [2.75, 3.05) is 17.7 Å². The second kappa shape index (κ2) is 6.55. The van der Waals surface area contributed by atoms with Crippen molar-refractivity contribution in [3.05, 3.63) is 41.8 Å². The maximum atomic E-state index is 12.6. The second-order valence-corrected chi connectivity index (χ2v) is 7.23. The van der Waals surface area contributed by atoms with Crippen LogP contribution in [-0.4, -0.2) is 28.2 Å². The fraction of sp³-hybridized carbons (Fsp3) is 0.188. The molecular weight excluding hydrogens is 328 g/mol. The van der Waals surface area contributed by atoms with Gasteiger partial charge in [-0.3, -0.25) is 4.79 Å². The Morgan fingerprint density at radius 3 is 2.74 bits per heavy atom. The summed E-state index contributed by atoms with van der Waals surface area (Å²) in [4.78, 5) is 23.8. The Hall–Kier alpha value is -2.12. The van der Waals surface area contributed by atoms with Crippen molar-refractivity contribution in [3.63, 3.8) is 0 Å². The number of nitrogens with zero attached hydrogens (tertiary/aromatic N) is 3. The Morgan fingerprint density at radius 2 is 2.00 bits per heavy atom. The molecule has 0 bridgehead atoms. The van der Waals surface area contributed by atoms with E-state index in [-0.39, 0.29) is 11.2 Å². The number of benzene rings is 1. The molecule has 0 saturated carbocycles. The fourth-order valence-electron chi connectivity index (χ4n) is 2.17. The molecule has 0 spiro atoms. The van der Waals surface area contributed by atoms with Crippen LogP contribution in [0.5, 0.6) is 0 Å². The average Bonchev–Trinajstić information content (AvgIpc) is 3.03. The third-order valence-corrected chi connectivity index (χ3v) is 5.19. The van der Waals surface area contributed by atoms with Crippen molar-refractivity contribution in [3.8, 4) is 0 Å². The van der Waals surface area contributed by atoms with E-state index in [4.69, 9.17) is 5.73 Å². The van der Waals surface area contributed by atoms with Crippen molar-refractivity contribution < 1.29 is 4.79 Å². The highest BCUT2D eigenvalue weighted by atomic mass is 32.2. The number of nitrogen functional groups attached to an aromatic ring is 1. The first-order chi connectivity index (χ1) is 11.1. The number of para-hydroxylation sites is 1. The number of amides is 1. The lowest BCUT2D eigenvalue weighted by atomic mass is 10.3. The molecular formula is C16H16N4OS2. The molecule has 0 unspecified atom stereocenters. The third-order valence-electron chi connectivity index (χ3n) is 3.44. The number of carbonyl (C=O) groups is 1. The summed E-state index contributed by atoms with van der Waals surface area (Å²) in [6, 6.07) is 11.5. The molecule has 3 rings (SSSR count). The van der Waals surface area contributed by atoms with Crippen molar-refractivity contribution in [2.45, 2.75) is 17.3 Å². The van der Waals surface area contributed by atoms with Gasteiger partial charge in [-0.1, -0.05) is 30.0 Å². The Balaban J connectivity index is 1.77. The van der Waals surface area contributed by atoms with Crippen LogP contribution in [0.4, 0.5) is 11.5 Å². The van der Waals surface area contributed by atoms with Gasteiger partial charge in [-0.25, -0.2) is 9.97 Å². The monoisotopic (exact) mass is 344 g/mol. The maximum absolute atomic E-state index is 12.6. The molecule has 23 heavy (non-hydrogen) atoms. The minimum absolute atomic E-state index is 0.00496. The zero-order chi connectivity index (χ0) is 16.4. The van der Waals surface area contributed by atoms with Crippen LogP contribution in [0.1, 0.15) is 6.92 Å². The number of thioether (sulfide) groups is 1. The highest BCUT2D eigenvalue weighted by Crippen LogP contribution is 2.29. The predicted octanol–water partition coefficient (Wildman–Crippen LogP) is 3.42. The third kappa shape index (κ3) is 3.30. The van der Waals surface area contributed by atoms with Gasteiger partial charge in [-0.05, 0) is 30.5 Å². The van der Waals surface area contributed by atoms with Crippen LogP contribution >= 0.6 is 23.1 Å². The van der Waals surface area contributed by atoms with E-state index in [1.807, 2.05) is 48.7 Å². The average molecular weight is 344 g/mol. The number of carbonyl (C=O) groups excluding carboxylic acids is 1. The molecule has 2 N–H and O–H groups in total. The summed E-state index contributed by atoms with van der Waals surface area (Å²) >= 11 is 2.83. The van der Waals surface area contributed by atoms with Gasteiger partial charge in [0.05, 0.1) is 10.6 Å². The van der Waals surface area contributed by atoms with Gasteiger partial charge >= 0.3 is 0 Å². The first-order valence-electron chi connectivity index (χ1n) is 7.06. The summed E-state index contributed by atoms with van der Waals surface area (Å²) in [7, 11) is 1.77. The lowest BCUT2D eigenvalue weighted by Gasteiger charge is -2.20. The molecule has 118 valence electrons. The first-order valence-corrected chi connectivity index (χ1v) is 8.82. The normalized spacial score (nSPS) is 12.3. The van der Waals surface area contributed by atoms with Gasteiger partial charge < -0.3 is 10.6 Å². The van der Waals surface area contributed by atoms with E-state index in [2.05, 4.69) is 9.97 Å². The molecule has 7 heteroatoms. The van der Waals surface area contributed by atoms with Gasteiger partial charge in [0.25, 0.3) is 0 Å². The summed E-state index contributed by atoms with van der Waals surface area (Å²) in [5.41, 5.74) is 6.81. The zero-order valence-electron chi connectivity index (χ0n) is 12.8. The largest absolute Gasteiger partial charge is 0.383 e. The molecule has 0 radical (unpaired) electrons.